The molecule has 2 aromatic rings. The molecule has 1 heterocycles. The van der Waals surface area contributed by atoms with Gasteiger partial charge in [-0.3, -0.25) is 9.69 Å². The van der Waals surface area contributed by atoms with Crippen molar-refractivity contribution in [3.8, 4) is 0 Å². The standard InChI is InChI=1S/C21H23NO/c1-15-18-13-22(12-16-8-4-2-5-9-16)14-19(18)21(23)20(15)17-10-6-3-7-11-17/h2-11,15,18-20H,12-14H2,1H3. The smallest absolute Gasteiger partial charge is 0.145 e. The predicted molar refractivity (Wildman–Crippen MR) is 92.1 cm³/mol. The van der Waals surface area contributed by atoms with Gasteiger partial charge in [-0.1, -0.05) is 67.6 Å². The lowest BCUT2D eigenvalue weighted by molar-refractivity contribution is -0.122. The van der Waals surface area contributed by atoms with Gasteiger partial charge in [0.2, 0.25) is 0 Å². The van der Waals surface area contributed by atoms with E-state index in [1.165, 1.54) is 11.1 Å². The highest BCUT2D eigenvalue weighted by atomic mass is 16.1. The molecule has 0 bridgehead atoms. The Morgan fingerprint density at radius 1 is 0.957 bits per heavy atom. The molecule has 1 aliphatic heterocycles. The van der Waals surface area contributed by atoms with E-state index in [0.717, 1.165) is 19.6 Å². The number of hydrogen-bond donors (Lipinski definition) is 0. The van der Waals surface area contributed by atoms with E-state index in [0.29, 0.717) is 17.6 Å². The number of benzene rings is 2. The van der Waals surface area contributed by atoms with Gasteiger partial charge in [0.15, 0.2) is 0 Å². The molecule has 0 radical (unpaired) electrons. The Kier molecular flexibility index (Phi) is 3.78. The Labute approximate surface area is 138 Å². The SMILES string of the molecule is CC1C(c2ccccc2)C(=O)C2CN(Cc3ccccc3)CC21. The number of carbonyl (C=O) groups is 1. The minimum absolute atomic E-state index is 0.102. The first-order valence-corrected chi connectivity index (χ1v) is 8.59. The van der Waals surface area contributed by atoms with Crippen LogP contribution in [0.3, 0.4) is 0 Å². The van der Waals surface area contributed by atoms with Crippen LogP contribution in [0.4, 0.5) is 0 Å². The molecule has 4 unspecified atom stereocenters. The molecule has 2 fully saturated rings. The van der Waals surface area contributed by atoms with Crippen molar-refractivity contribution in [2.45, 2.75) is 19.4 Å². The number of ketones is 1. The van der Waals surface area contributed by atoms with Gasteiger partial charge in [0.25, 0.3) is 0 Å². The average Bonchev–Trinajstić information content (AvgIpc) is 3.09. The van der Waals surface area contributed by atoms with Crippen LogP contribution in [-0.4, -0.2) is 23.8 Å². The van der Waals surface area contributed by atoms with Crippen molar-refractivity contribution >= 4 is 5.78 Å². The van der Waals surface area contributed by atoms with Crippen molar-refractivity contribution in [3.63, 3.8) is 0 Å². The summed E-state index contributed by atoms with van der Waals surface area (Å²) in [6.07, 6.45) is 0. The van der Waals surface area contributed by atoms with E-state index in [1.807, 2.05) is 18.2 Å². The predicted octanol–water partition coefficient (Wildman–Crippen LogP) is 3.74. The number of nitrogens with zero attached hydrogens (tertiary/aromatic N) is 1. The molecule has 2 aliphatic rings. The summed E-state index contributed by atoms with van der Waals surface area (Å²) in [6.45, 7) is 5.21. The molecule has 2 heteroatoms. The number of hydrogen-bond acceptors (Lipinski definition) is 2. The van der Waals surface area contributed by atoms with Gasteiger partial charge in [-0.05, 0) is 23.0 Å². The molecule has 0 N–H and O–H groups in total. The molecule has 1 saturated carbocycles. The van der Waals surface area contributed by atoms with Crippen molar-refractivity contribution in [3.05, 3.63) is 71.8 Å². The van der Waals surface area contributed by atoms with Crippen LogP contribution in [0.2, 0.25) is 0 Å². The Hall–Kier alpha value is -1.93. The quantitative estimate of drug-likeness (QED) is 0.861. The van der Waals surface area contributed by atoms with E-state index < -0.39 is 0 Å². The van der Waals surface area contributed by atoms with Crippen molar-refractivity contribution in [2.24, 2.45) is 17.8 Å². The van der Waals surface area contributed by atoms with Crippen molar-refractivity contribution in [2.75, 3.05) is 13.1 Å². The monoisotopic (exact) mass is 305 g/mol. The number of Topliss-reactive ketones (excluding diaryl/α,β-unsaturated/α-hetero) is 1. The van der Waals surface area contributed by atoms with Crippen molar-refractivity contribution in [1.29, 1.82) is 0 Å². The van der Waals surface area contributed by atoms with Crippen molar-refractivity contribution in [1.82, 2.24) is 4.90 Å². The summed E-state index contributed by atoms with van der Waals surface area (Å²) >= 11 is 0. The van der Waals surface area contributed by atoms with Gasteiger partial charge in [0.1, 0.15) is 5.78 Å². The van der Waals surface area contributed by atoms with Crippen molar-refractivity contribution < 1.29 is 4.79 Å². The Morgan fingerprint density at radius 2 is 1.61 bits per heavy atom. The third-order valence-electron chi connectivity index (χ3n) is 5.72. The van der Waals surface area contributed by atoms with Gasteiger partial charge in [-0.25, -0.2) is 0 Å². The van der Waals surface area contributed by atoms with Gasteiger partial charge < -0.3 is 0 Å². The fourth-order valence-corrected chi connectivity index (χ4v) is 4.58. The molecule has 2 aromatic carbocycles. The molecule has 23 heavy (non-hydrogen) atoms. The molecule has 1 saturated heterocycles. The summed E-state index contributed by atoms with van der Waals surface area (Å²) < 4.78 is 0. The molecule has 1 aliphatic carbocycles. The number of fused-ring (bicyclic) bond motifs is 1. The highest BCUT2D eigenvalue weighted by Crippen LogP contribution is 2.47. The molecule has 118 valence electrons. The zero-order valence-electron chi connectivity index (χ0n) is 13.6. The summed E-state index contributed by atoms with van der Waals surface area (Å²) in [5.41, 5.74) is 2.54. The van der Waals surface area contributed by atoms with E-state index in [2.05, 4.69) is 54.3 Å². The van der Waals surface area contributed by atoms with Crippen LogP contribution in [-0.2, 0) is 11.3 Å². The zero-order chi connectivity index (χ0) is 15.8. The molecular formula is C21H23NO. The fourth-order valence-electron chi connectivity index (χ4n) is 4.58. The second-order valence-corrected chi connectivity index (χ2v) is 7.10. The Balaban J connectivity index is 1.50. The average molecular weight is 305 g/mol. The molecular weight excluding hydrogens is 282 g/mol. The van der Waals surface area contributed by atoms with E-state index in [-0.39, 0.29) is 11.8 Å². The first kappa shape index (κ1) is 14.6. The molecule has 0 amide bonds. The van der Waals surface area contributed by atoms with E-state index in [9.17, 15) is 4.79 Å². The van der Waals surface area contributed by atoms with Gasteiger partial charge in [-0.2, -0.15) is 0 Å². The number of likely N-dealkylation sites (tertiary alicyclic amines) is 1. The molecule has 2 nitrogen and oxygen atoms in total. The second kappa shape index (κ2) is 5.93. The first-order valence-electron chi connectivity index (χ1n) is 8.59. The topological polar surface area (TPSA) is 20.3 Å². The van der Waals surface area contributed by atoms with E-state index in [1.54, 1.807) is 0 Å². The highest BCUT2D eigenvalue weighted by Gasteiger charge is 2.51. The Bertz CT molecular complexity index is 682. The van der Waals surface area contributed by atoms with Crippen LogP contribution in [0.1, 0.15) is 24.0 Å². The third-order valence-corrected chi connectivity index (χ3v) is 5.72. The highest BCUT2D eigenvalue weighted by molar-refractivity contribution is 5.91. The minimum Gasteiger partial charge on any atom is -0.299 e. The summed E-state index contributed by atoms with van der Waals surface area (Å²) in [6, 6.07) is 20.9. The van der Waals surface area contributed by atoms with Crippen LogP contribution in [0.25, 0.3) is 0 Å². The number of carbonyl (C=O) groups excluding carboxylic acids is 1. The molecule has 4 rings (SSSR count). The lowest BCUT2D eigenvalue weighted by atomic mass is 9.86. The maximum Gasteiger partial charge on any atom is 0.145 e. The maximum atomic E-state index is 13.0. The van der Waals surface area contributed by atoms with Gasteiger partial charge >= 0.3 is 0 Å². The van der Waals surface area contributed by atoms with E-state index in [4.69, 9.17) is 0 Å². The largest absolute Gasteiger partial charge is 0.299 e. The first-order chi connectivity index (χ1) is 11.2. The maximum absolute atomic E-state index is 13.0. The normalized spacial score (nSPS) is 30.6. The van der Waals surface area contributed by atoms with Crippen LogP contribution in [0.5, 0.6) is 0 Å². The fraction of sp³-hybridized carbons (Fsp3) is 0.381. The minimum atomic E-state index is 0.102. The zero-order valence-corrected chi connectivity index (χ0v) is 13.6. The van der Waals surface area contributed by atoms with Crippen LogP contribution in [0.15, 0.2) is 60.7 Å². The molecule has 0 aromatic heterocycles. The van der Waals surface area contributed by atoms with Gasteiger partial charge in [-0.15, -0.1) is 0 Å². The second-order valence-electron chi connectivity index (χ2n) is 7.10. The van der Waals surface area contributed by atoms with Crippen LogP contribution >= 0.6 is 0 Å². The third kappa shape index (κ3) is 2.61. The number of rotatable bonds is 3. The van der Waals surface area contributed by atoms with Crippen LogP contribution in [0, 0.1) is 17.8 Å². The molecule has 4 atom stereocenters. The lowest BCUT2D eigenvalue weighted by Gasteiger charge is -2.22. The van der Waals surface area contributed by atoms with Gasteiger partial charge in [0, 0.05) is 31.5 Å². The van der Waals surface area contributed by atoms with Gasteiger partial charge in [0.05, 0.1) is 0 Å². The molecule has 0 spiro atoms. The van der Waals surface area contributed by atoms with E-state index >= 15 is 0 Å². The summed E-state index contributed by atoms with van der Waals surface area (Å²) in [5, 5.41) is 0. The summed E-state index contributed by atoms with van der Waals surface area (Å²) in [7, 11) is 0. The lowest BCUT2D eigenvalue weighted by Crippen LogP contribution is -2.26. The summed E-state index contributed by atoms with van der Waals surface area (Å²) in [5.74, 6) is 1.74. The Morgan fingerprint density at radius 3 is 2.26 bits per heavy atom. The van der Waals surface area contributed by atoms with Crippen LogP contribution < -0.4 is 0 Å². The summed E-state index contributed by atoms with van der Waals surface area (Å²) in [4.78, 5) is 15.4.